The molecule has 2 rings (SSSR count). The van der Waals surface area contributed by atoms with Gasteiger partial charge in [0.1, 0.15) is 11.8 Å². The van der Waals surface area contributed by atoms with Crippen molar-refractivity contribution in [2.24, 2.45) is 0 Å². The first-order valence-corrected chi connectivity index (χ1v) is 6.48. The number of rotatable bonds is 5. The van der Waals surface area contributed by atoms with E-state index in [2.05, 4.69) is 20.6 Å². The molecule has 0 radical (unpaired) electrons. The number of hydrogen-bond donors (Lipinski definition) is 1. The van der Waals surface area contributed by atoms with E-state index < -0.39 is 0 Å². The highest BCUT2D eigenvalue weighted by molar-refractivity contribution is 5.76. The van der Waals surface area contributed by atoms with Crippen LogP contribution in [-0.4, -0.2) is 21.2 Å². The van der Waals surface area contributed by atoms with Gasteiger partial charge in [0.05, 0.1) is 5.69 Å². The smallest absolute Gasteiger partial charge is 0.248 e. The van der Waals surface area contributed by atoms with Crippen LogP contribution in [0.4, 0.5) is 0 Å². The summed E-state index contributed by atoms with van der Waals surface area (Å²) in [4.78, 5) is 16.0. The molecule has 1 amide bonds. The van der Waals surface area contributed by atoms with Crippen LogP contribution in [0.1, 0.15) is 48.1 Å². The molecule has 7 heteroatoms. The minimum atomic E-state index is -0.298. The van der Waals surface area contributed by atoms with Gasteiger partial charge in [0.15, 0.2) is 5.82 Å². The van der Waals surface area contributed by atoms with E-state index in [0.717, 1.165) is 17.0 Å². The van der Waals surface area contributed by atoms with Gasteiger partial charge in [0.25, 0.3) is 0 Å². The summed E-state index contributed by atoms with van der Waals surface area (Å²) in [6.07, 6.45) is 0.961. The predicted octanol–water partition coefficient (Wildman–Crippen LogP) is 1.79. The molecule has 20 heavy (non-hydrogen) atoms. The van der Waals surface area contributed by atoms with E-state index in [1.54, 1.807) is 13.8 Å². The third-order valence-electron chi connectivity index (χ3n) is 3.07. The molecule has 1 N–H and O–H groups in total. The average molecular weight is 278 g/mol. The predicted molar refractivity (Wildman–Crippen MR) is 69.9 cm³/mol. The lowest BCUT2D eigenvalue weighted by molar-refractivity contribution is -0.121. The molecular formula is C13H18N4O3. The van der Waals surface area contributed by atoms with Crippen molar-refractivity contribution < 1.29 is 13.8 Å². The Morgan fingerprint density at radius 3 is 2.55 bits per heavy atom. The molecule has 0 saturated heterocycles. The third-order valence-corrected chi connectivity index (χ3v) is 3.07. The second-order valence-electron chi connectivity index (χ2n) is 4.77. The summed E-state index contributed by atoms with van der Waals surface area (Å²) in [5.41, 5.74) is 1.82. The first-order valence-electron chi connectivity index (χ1n) is 6.48. The number of hydrogen-bond acceptors (Lipinski definition) is 6. The first-order chi connectivity index (χ1) is 9.47. The average Bonchev–Trinajstić information content (AvgIpc) is 2.95. The Morgan fingerprint density at radius 1 is 1.25 bits per heavy atom. The number of nitrogens with one attached hydrogen (secondary N) is 1. The van der Waals surface area contributed by atoms with Crippen LogP contribution in [0.25, 0.3) is 0 Å². The maximum atomic E-state index is 11.9. The van der Waals surface area contributed by atoms with Gasteiger partial charge in [-0.05, 0) is 34.1 Å². The molecule has 0 fully saturated rings. The van der Waals surface area contributed by atoms with Gasteiger partial charge in [-0.1, -0.05) is 10.3 Å². The van der Waals surface area contributed by atoms with Crippen LogP contribution < -0.4 is 5.32 Å². The lowest BCUT2D eigenvalue weighted by atomic mass is 10.1. The molecule has 0 spiro atoms. The molecule has 1 unspecified atom stereocenters. The molecule has 7 nitrogen and oxygen atoms in total. The molecule has 108 valence electrons. The van der Waals surface area contributed by atoms with Crippen molar-refractivity contribution in [1.29, 1.82) is 0 Å². The summed E-state index contributed by atoms with van der Waals surface area (Å²) in [6.45, 7) is 7.25. The van der Waals surface area contributed by atoms with E-state index in [1.165, 1.54) is 0 Å². The number of aromatic nitrogens is 3. The van der Waals surface area contributed by atoms with Crippen molar-refractivity contribution in [3.05, 3.63) is 28.7 Å². The number of amides is 1. The lowest BCUT2D eigenvalue weighted by Gasteiger charge is -2.09. The summed E-state index contributed by atoms with van der Waals surface area (Å²) in [6, 6.07) is -0.298. The highest BCUT2D eigenvalue weighted by Crippen LogP contribution is 2.15. The van der Waals surface area contributed by atoms with Crippen LogP contribution >= 0.6 is 0 Å². The number of carbonyl (C=O) groups is 1. The van der Waals surface area contributed by atoms with E-state index in [-0.39, 0.29) is 11.9 Å². The minimum absolute atomic E-state index is 0.0756. The fourth-order valence-electron chi connectivity index (χ4n) is 1.96. The first kappa shape index (κ1) is 14.2. The zero-order valence-corrected chi connectivity index (χ0v) is 12.1. The van der Waals surface area contributed by atoms with Gasteiger partial charge < -0.3 is 14.4 Å². The van der Waals surface area contributed by atoms with Gasteiger partial charge in [-0.25, -0.2) is 0 Å². The molecule has 0 aromatic carbocycles. The van der Waals surface area contributed by atoms with E-state index in [9.17, 15) is 4.79 Å². The monoisotopic (exact) mass is 278 g/mol. The van der Waals surface area contributed by atoms with Gasteiger partial charge in [-0.15, -0.1) is 0 Å². The molecule has 0 aliphatic rings. The Labute approximate surface area is 116 Å². The van der Waals surface area contributed by atoms with Crippen molar-refractivity contribution in [1.82, 2.24) is 20.6 Å². The van der Waals surface area contributed by atoms with Crippen LogP contribution in [0, 0.1) is 20.8 Å². The van der Waals surface area contributed by atoms with Crippen LogP contribution in [0.3, 0.4) is 0 Å². The highest BCUT2D eigenvalue weighted by Gasteiger charge is 2.16. The van der Waals surface area contributed by atoms with Crippen molar-refractivity contribution in [3.8, 4) is 0 Å². The summed E-state index contributed by atoms with van der Waals surface area (Å²) < 4.78 is 10.1. The van der Waals surface area contributed by atoms with Crippen molar-refractivity contribution in [2.45, 2.75) is 46.6 Å². The maximum Gasteiger partial charge on any atom is 0.248 e. The highest BCUT2D eigenvalue weighted by atomic mass is 16.5. The van der Waals surface area contributed by atoms with Gasteiger partial charge >= 0.3 is 0 Å². The van der Waals surface area contributed by atoms with Crippen LogP contribution in [0.2, 0.25) is 0 Å². The van der Waals surface area contributed by atoms with Gasteiger partial charge in [-0.3, -0.25) is 4.79 Å². The van der Waals surface area contributed by atoms with Crippen LogP contribution in [-0.2, 0) is 11.2 Å². The molecule has 0 aliphatic heterocycles. The standard InChI is InChI=1S/C13H18N4O3/c1-7-11(9(3)19-16-7)5-6-12(18)14-8(2)13-15-10(4)17-20-13/h8H,5-6H2,1-4H3,(H,14,18). The Hall–Kier alpha value is -2.18. The summed E-state index contributed by atoms with van der Waals surface area (Å²) in [7, 11) is 0. The Morgan fingerprint density at radius 2 is 2.00 bits per heavy atom. The van der Waals surface area contributed by atoms with E-state index in [0.29, 0.717) is 24.6 Å². The number of nitrogens with zero attached hydrogens (tertiary/aromatic N) is 3. The third kappa shape index (κ3) is 3.23. The van der Waals surface area contributed by atoms with Crippen molar-refractivity contribution in [2.75, 3.05) is 0 Å². The van der Waals surface area contributed by atoms with Gasteiger partial charge in [-0.2, -0.15) is 4.98 Å². The Balaban J connectivity index is 1.87. The van der Waals surface area contributed by atoms with E-state index >= 15 is 0 Å². The quantitative estimate of drug-likeness (QED) is 0.896. The molecule has 2 heterocycles. The van der Waals surface area contributed by atoms with Crippen molar-refractivity contribution >= 4 is 5.91 Å². The van der Waals surface area contributed by atoms with E-state index in [4.69, 9.17) is 9.05 Å². The van der Waals surface area contributed by atoms with Crippen LogP contribution in [0.15, 0.2) is 9.05 Å². The maximum absolute atomic E-state index is 11.9. The zero-order valence-electron chi connectivity index (χ0n) is 12.1. The fourth-order valence-corrected chi connectivity index (χ4v) is 1.96. The zero-order chi connectivity index (χ0) is 14.7. The number of aryl methyl sites for hydroxylation is 3. The molecule has 0 saturated carbocycles. The molecule has 0 bridgehead atoms. The fraction of sp³-hybridized carbons (Fsp3) is 0.538. The van der Waals surface area contributed by atoms with Crippen molar-refractivity contribution in [3.63, 3.8) is 0 Å². The molecule has 2 aromatic heterocycles. The summed E-state index contributed by atoms with van der Waals surface area (Å²) in [5, 5.41) is 10.4. The molecular weight excluding hydrogens is 260 g/mol. The Bertz CT molecular complexity index is 583. The number of carbonyl (C=O) groups excluding carboxylic acids is 1. The molecule has 2 aromatic rings. The second-order valence-corrected chi connectivity index (χ2v) is 4.77. The van der Waals surface area contributed by atoms with E-state index in [1.807, 2.05) is 13.8 Å². The van der Waals surface area contributed by atoms with Gasteiger partial charge in [0.2, 0.25) is 11.8 Å². The normalized spacial score (nSPS) is 12.4. The second kappa shape index (κ2) is 5.85. The molecule has 1 atom stereocenters. The summed E-state index contributed by atoms with van der Waals surface area (Å²) >= 11 is 0. The lowest BCUT2D eigenvalue weighted by Crippen LogP contribution is -2.27. The van der Waals surface area contributed by atoms with Gasteiger partial charge in [0, 0.05) is 12.0 Å². The minimum Gasteiger partial charge on any atom is -0.361 e. The molecule has 0 aliphatic carbocycles. The SMILES string of the molecule is Cc1noc(C(C)NC(=O)CCc2c(C)noc2C)n1. The van der Waals surface area contributed by atoms with Crippen LogP contribution in [0.5, 0.6) is 0 Å². The largest absolute Gasteiger partial charge is 0.361 e. The topological polar surface area (TPSA) is 94.1 Å². The Kier molecular flexibility index (Phi) is 4.16. The summed E-state index contributed by atoms with van der Waals surface area (Å²) in [5.74, 6) is 1.65.